The smallest absolute Gasteiger partial charge is 0.393 e. The quantitative estimate of drug-likeness (QED) is 0.176. The Morgan fingerprint density at radius 3 is 2.61 bits per heavy atom. The van der Waals surface area contributed by atoms with Gasteiger partial charge in [-0.2, -0.15) is 18.3 Å². The van der Waals surface area contributed by atoms with E-state index in [-0.39, 0.29) is 34.5 Å². The first-order chi connectivity index (χ1) is 19.7. The average Bonchev–Trinajstić information content (AvgIpc) is 3.50. The monoisotopic (exact) mass is 591 g/mol. The second-order valence-electron chi connectivity index (χ2n) is 9.86. The Morgan fingerprint density at radius 2 is 1.85 bits per heavy atom. The third-order valence-corrected chi connectivity index (χ3v) is 8.13. The highest BCUT2D eigenvalue weighted by Gasteiger charge is 2.31. The number of ether oxygens (including phenoxy) is 2. The number of benzene rings is 3. The molecule has 214 valence electrons. The maximum Gasteiger partial charge on any atom is 0.393 e. The molecule has 0 atom stereocenters. The summed E-state index contributed by atoms with van der Waals surface area (Å²) in [6.07, 6.45) is -4.07. The van der Waals surface area contributed by atoms with Gasteiger partial charge in [0.15, 0.2) is 17.3 Å². The number of aromatic nitrogens is 2. The zero-order valence-corrected chi connectivity index (χ0v) is 22.2. The predicted octanol–water partition coefficient (Wildman–Crippen LogP) is 8.04. The molecule has 3 aromatic carbocycles. The summed E-state index contributed by atoms with van der Waals surface area (Å²) in [6.45, 7) is 1.37. The fourth-order valence-corrected chi connectivity index (χ4v) is 6.28. The van der Waals surface area contributed by atoms with Crippen LogP contribution < -0.4 is 9.47 Å². The summed E-state index contributed by atoms with van der Waals surface area (Å²) in [7, 11) is 0. The molecule has 5 nitrogen and oxygen atoms in total. The van der Waals surface area contributed by atoms with Gasteiger partial charge >= 0.3 is 6.18 Å². The molecule has 6 rings (SSSR count). The van der Waals surface area contributed by atoms with Gasteiger partial charge in [0.25, 0.3) is 0 Å². The number of rotatable bonds is 9. The van der Waals surface area contributed by atoms with Gasteiger partial charge in [0.2, 0.25) is 0 Å². The number of hydrogen-bond acceptors (Lipinski definition) is 5. The van der Waals surface area contributed by atoms with Crippen molar-refractivity contribution in [1.29, 1.82) is 0 Å². The average molecular weight is 592 g/mol. The van der Waals surface area contributed by atoms with Crippen LogP contribution >= 0.6 is 11.3 Å². The van der Waals surface area contributed by atoms with Crippen molar-refractivity contribution in [3.63, 3.8) is 0 Å². The molecule has 2 aromatic heterocycles. The van der Waals surface area contributed by atoms with Gasteiger partial charge in [-0.05, 0) is 53.9 Å². The van der Waals surface area contributed by atoms with Crippen LogP contribution in [0.3, 0.4) is 0 Å². The normalized spacial score (nSPS) is 14.6. The molecule has 0 unspecified atom stereocenters. The van der Waals surface area contributed by atoms with E-state index in [1.807, 2.05) is 4.90 Å². The molecule has 1 aliphatic rings. The van der Waals surface area contributed by atoms with Crippen LogP contribution in [0, 0.1) is 11.6 Å². The standard InChI is InChI=1S/C29H23F6N3O2S/c30-8-1-9-38-14-19(15-38)39-25-7-3-18(11-23(25)32)40-26-21-5-6-24-22(13-36-37-24)27(21)41-28(26)20-4-2-17(31)10-16(20)12-29(33,34)35/h2-7,10-11,13,19H,1,8-9,12,14-15H2,(H,36,37). The van der Waals surface area contributed by atoms with Crippen LogP contribution in [0.1, 0.15) is 12.0 Å². The Morgan fingerprint density at radius 1 is 1.02 bits per heavy atom. The lowest BCUT2D eigenvalue weighted by Gasteiger charge is -2.38. The van der Waals surface area contributed by atoms with Crippen molar-refractivity contribution in [3.8, 4) is 27.7 Å². The second kappa shape index (κ2) is 10.9. The van der Waals surface area contributed by atoms with E-state index in [9.17, 15) is 22.0 Å². The van der Waals surface area contributed by atoms with E-state index < -0.39 is 30.9 Å². The Bertz CT molecular complexity index is 1710. The number of H-pyrrole nitrogens is 1. The highest BCUT2D eigenvalue weighted by atomic mass is 32.1. The molecule has 1 saturated heterocycles. The molecule has 0 radical (unpaired) electrons. The number of hydrogen-bond donors (Lipinski definition) is 1. The van der Waals surface area contributed by atoms with Crippen molar-refractivity contribution in [1.82, 2.24) is 15.1 Å². The van der Waals surface area contributed by atoms with Crippen LogP contribution in [0.5, 0.6) is 17.2 Å². The number of nitrogens with zero attached hydrogens (tertiary/aromatic N) is 2. The molecule has 0 aliphatic carbocycles. The topological polar surface area (TPSA) is 50.4 Å². The highest BCUT2D eigenvalue weighted by molar-refractivity contribution is 7.23. The van der Waals surface area contributed by atoms with Gasteiger partial charge in [-0.1, -0.05) is 6.07 Å². The van der Waals surface area contributed by atoms with E-state index in [0.29, 0.717) is 41.0 Å². The predicted molar refractivity (Wildman–Crippen MR) is 145 cm³/mol. The van der Waals surface area contributed by atoms with Gasteiger partial charge in [0, 0.05) is 41.2 Å². The first-order valence-corrected chi connectivity index (χ1v) is 13.7. The summed E-state index contributed by atoms with van der Waals surface area (Å²) in [5, 5.41) is 8.25. The molecule has 0 saturated carbocycles. The molecule has 12 heteroatoms. The number of alkyl halides is 4. The Balaban J connectivity index is 1.35. The zero-order chi connectivity index (χ0) is 28.7. The summed E-state index contributed by atoms with van der Waals surface area (Å²) in [4.78, 5) is 2.36. The van der Waals surface area contributed by atoms with E-state index in [4.69, 9.17) is 9.47 Å². The van der Waals surface area contributed by atoms with E-state index in [1.165, 1.54) is 29.5 Å². The molecular formula is C29H23F6N3O2S. The van der Waals surface area contributed by atoms with Gasteiger partial charge in [-0.15, -0.1) is 11.3 Å². The molecular weight excluding hydrogens is 568 g/mol. The van der Waals surface area contributed by atoms with Crippen LogP contribution in [0.4, 0.5) is 26.3 Å². The highest BCUT2D eigenvalue weighted by Crippen LogP contribution is 2.50. The Hall–Kier alpha value is -3.77. The van der Waals surface area contributed by atoms with E-state index in [2.05, 4.69) is 10.2 Å². The summed E-state index contributed by atoms with van der Waals surface area (Å²) in [6, 6.07) is 10.9. The number of aromatic amines is 1. The lowest BCUT2D eigenvalue weighted by Crippen LogP contribution is -2.54. The minimum absolute atomic E-state index is 0.0361. The first kappa shape index (κ1) is 27.4. The van der Waals surface area contributed by atoms with Crippen molar-refractivity contribution in [2.45, 2.75) is 25.1 Å². The fourth-order valence-electron chi connectivity index (χ4n) is 4.98. The van der Waals surface area contributed by atoms with Crippen molar-refractivity contribution >= 4 is 32.3 Å². The zero-order valence-electron chi connectivity index (χ0n) is 21.4. The number of halogens is 6. The lowest BCUT2D eigenvalue weighted by molar-refractivity contribution is -0.127. The SMILES string of the molecule is FCCCN1CC(Oc2ccc(Oc3c(-c4ccc(F)cc4CC(F)(F)F)sc4c3ccc3[nH]ncc34)cc2F)C1. The van der Waals surface area contributed by atoms with Crippen LogP contribution in [-0.2, 0) is 6.42 Å². The van der Waals surface area contributed by atoms with E-state index >= 15 is 4.39 Å². The molecule has 0 amide bonds. The maximum absolute atomic E-state index is 15.1. The van der Waals surface area contributed by atoms with Crippen molar-refractivity contribution < 1.29 is 35.8 Å². The third-order valence-electron chi connectivity index (χ3n) is 6.88. The number of nitrogens with one attached hydrogen (secondary N) is 1. The van der Waals surface area contributed by atoms with Gasteiger partial charge in [-0.25, -0.2) is 8.78 Å². The van der Waals surface area contributed by atoms with Crippen LogP contribution in [0.2, 0.25) is 0 Å². The lowest BCUT2D eigenvalue weighted by atomic mass is 10.0. The van der Waals surface area contributed by atoms with E-state index in [0.717, 1.165) is 29.1 Å². The van der Waals surface area contributed by atoms with Crippen LogP contribution in [0.15, 0.2) is 54.7 Å². The summed E-state index contributed by atoms with van der Waals surface area (Å²) >= 11 is 1.19. The molecule has 0 bridgehead atoms. The minimum Gasteiger partial charge on any atom is -0.485 e. The third kappa shape index (κ3) is 5.71. The first-order valence-electron chi connectivity index (χ1n) is 12.8. The van der Waals surface area contributed by atoms with Crippen molar-refractivity contribution in [2.24, 2.45) is 0 Å². The minimum atomic E-state index is -4.57. The maximum atomic E-state index is 15.1. The van der Waals surface area contributed by atoms with Crippen LogP contribution in [-0.4, -0.2) is 53.7 Å². The summed E-state index contributed by atoms with van der Waals surface area (Å²) < 4.78 is 94.4. The van der Waals surface area contributed by atoms with Gasteiger partial charge in [-0.3, -0.25) is 14.4 Å². The molecule has 5 aromatic rings. The fraction of sp³-hybridized carbons (Fsp3) is 0.276. The van der Waals surface area contributed by atoms with Crippen molar-refractivity contribution in [3.05, 3.63) is 71.9 Å². The van der Waals surface area contributed by atoms with E-state index in [1.54, 1.807) is 18.3 Å². The summed E-state index contributed by atoms with van der Waals surface area (Å²) in [5.74, 6) is -1.08. The molecule has 3 heterocycles. The van der Waals surface area contributed by atoms with Gasteiger partial charge < -0.3 is 9.47 Å². The number of likely N-dealkylation sites (tertiary alicyclic amines) is 1. The Labute approximate surface area is 234 Å². The molecule has 41 heavy (non-hydrogen) atoms. The van der Waals surface area contributed by atoms with Crippen molar-refractivity contribution in [2.75, 3.05) is 26.3 Å². The van der Waals surface area contributed by atoms with Crippen LogP contribution in [0.25, 0.3) is 31.4 Å². The Kier molecular flexibility index (Phi) is 7.28. The largest absolute Gasteiger partial charge is 0.485 e. The number of fused-ring (bicyclic) bond motifs is 3. The molecule has 0 spiro atoms. The van der Waals surface area contributed by atoms with Gasteiger partial charge in [0.1, 0.15) is 17.7 Å². The summed E-state index contributed by atoms with van der Waals surface area (Å²) in [5.41, 5.74) is 0.644. The second-order valence-corrected chi connectivity index (χ2v) is 10.9. The molecule has 1 fully saturated rings. The molecule has 1 N–H and O–H groups in total. The number of thiophene rings is 1. The van der Waals surface area contributed by atoms with Gasteiger partial charge in [0.05, 0.1) is 29.7 Å². The molecule has 1 aliphatic heterocycles.